The molecule has 0 bridgehead atoms. The van der Waals surface area contributed by atoms with Gasteiger partial charge in [0.2, 0.25) is 0 Å². The Bertz CT molecular complexity index is 485. The molecule has 0 fully saturated rings. The van der Waals surface area contributed by atoms with E-state index in [2.05, 4.69) is 24.1 Å². The minimum absolute atomic E-state index is 0.527. The smallest absolute Gasteiger partial charge is 0.194 e. The van der Waals surface area contributed by atoms with E-state index in [1.807, 2.05) is 13.0 Å². The molecule has 18 heavy (non-hydrogen) atoms. The molecule has 1 N–H and O–H groups in total. The molecule has 2 aromatic heterocycles. The van der Waals surface area contributed by atoms with Crippen molar-refractivity contribution in [3.05, 3.63) is 30.2 Å². The van der Waals surface area contributed by atoms with Crippen LogP contribution in [0.4, 0.5) is 0 Å². The standard InChI is InChI=1S/C14H20N2O2/c1-10(2)15-6-4-5-14-16-8-13(18-14)12-7-11(3)17-9-12/h7-10,15H,4-6H2,1-3H3. The minimum atomic E-state index is 0.527. The normalized spacial score (nSPS) is 11.3. The molecule has 0 amide bonds. The molecule has 0 aliphatic heterocycles. The van der Waals surface area contributed by atoms with Crippen LogP contribution in [-0.2, 0) is 6.42 Å². The number of aryl methyl sites for hydroxylation is 2. The van der Waals surface area contributed by atoms with Gasteiger partial charge in [-0.15, -0.1) is 0 Å². The molecule has 0 atom stereocenters. The highest BCUT2D eigenvalue weighted by Crippen LogP contribution is 2.22. The highest BCUT2D eigenvalue weighted by molar-refractivity contribution is 5.55. The molecule has 0 aliphatic carbocycles. The summed E-state index contributed by atoms with van der Waals surface area (Å²) in [4.78, 5) is 4.28. The van der Waals surface area contributed by atoms with Crippen LogP contribution in [0.1, 0.15) is 31.9 Å². The second kappa shape index (κ2) is 5.87. The van der Waals surface area contributed by atoms with E-state index in [-0.39, 0.29) is 0 Å². The Morgan fingerprint density at radius 3 is 2.89 bits per heavy atom. The van der Waals surface area contributed by atoms with Gasteiger partial charge in [-0.2, -0.15) is 0 Å². The third kappa shape index (κ3) is 3.47. The predicted octanol–water partition coefficient (Wildman–Crippen LogP) is 3.17. The van der Waals surface area contributed by atoms with Crippen LogP contribution >= 0.6 is 0 Å². The maximum atomic E-state index is 5.69. The molecular formula is C14H20N2O2. The number of hydrogen-bond donors (Lipinski definition) is 1. The quantitative estimate of drug-likeness (QED) is 0.798. The van der Waals surface area contributed by atoms with Gasteiger partial charge in [-0.25, -0.2) is 4.98 Å². The van der Waals surface area contributed by atoms with Crippen molar-refractivity contribution in [3.8, 4) is 11.3 Å². The largest absolute Gasteiger partial charge is 0.469 e. The fourth-order valence-electron chi connectivity index (χ4n) is 1.76. The zero-order chi connectivity index (χ0) is 13.0. The highest BCUT2D eigenvalue weighted by atomic mass is 16.4. The lowest BCUT2D eigenvalue weighted by molar-refractivity contribution is 0.483. The molecule has 0 radical (unpaired) electrons. The maximum Gasteiger partial charge on any atom is 0.194 e. The van der Waals surface area contributed by atoms with Crippen LogP contribution in [0.5, 0.6) is 0 Å². The highest BCUT2D eigenvalue weighted by Gasteiger charge is 2.08. The Kier molecular flexibility index (Phi) is 4.20. The molecule has 2 heterocycles. The molecule has 4 heteroatoms. The molecule has 0 saturated heterocycles. The fraction of sp³-hybridized carbons (Fsp3) is 0.500. The number of nitrogens with zero attached hydrogens (tertiary/aromatic N) is 1. The molecule has 4 nitrogen and oxygen atoms in total. The van der Waals surface area contributed by atoms with Crippen LogP contribution in [0.2, 0.25) is 0 Å². The Balaban J connectivity index is 1.86. The number of rotatable bonds is 6. The van der Waals surface area contributed by atoms with Crippen LogP contribution < -0.4 is 5.32 Å². The lowest BCUT2D eigenvalue weighted by Gasteiger charge is -2.05. The van der Waals surface area contributed by atoms with Crippen molar-refractivity contribution in [1.29, 1.82) is 0 Å². The van der Waals surface area contributed by atoms with Crippen LogP contribution in [0, 0.1) is 6.92 Å². The Morgan fingerprint density at radius 1 is 1.39 bits per heavy atom. The number of nitrogens with one attached hydrogen (secondary N) is 1. The van der Waals surface area contributed by atoms with Gasteiger partial charge in [0.15, 0.2) is 11.7 Å². The Hall–Kier alpha value is -1.55. The summed E-state index contributed by atoms with van der Waals surface area (Å²) in [5, 5.41) is 3.37. The summed E-state index contributed by atoms with van der Waals surface area (Å²) in [6.07, 6.45) is 5.34. The van der Waals surface area contributed by atoms with Crippen molar-refractivity contribution in [2.45, 2.75) is 39.7 Å². The first-order chi connectivity index (χ1) is 8.65. The average Bonchev–Trinajstić information content (AvgIpc) is 2.93. The van der Waals surface area contributed by atoms with Gasteiger partial charge in [-0.1, -0.05) is 13.8 Å². The van der Waals surface area contributed by atoms with Crippen LogP contribution in [-0.4, -0.2) is 17.6 Å². The Labute approximate surface area is 107 Å². The summed E-state index contributed by atoms with van der Waals surface area (Å²) < 4.78 is 10.9. The molecule has 98 valence electrons. The number of aromatic nitrogens is 1. The zero-order valence-electron chi connectivity index (χ0n) is 11.2. The average molecular weight is 248 g/mol. The minimum Gasteiger partial charge on any atom is -0.469 e. The summed E-state index contributed by atoms with van der Waals surface area (Å²) in [5.74, 6) is 2.44. The van der Waals surface area contributed by atoms with Crippen molar-refractivity contribution in [2.75, 3.05) is 6.54 Å². The van der Waals surface area contributed by atoms with E-state index < -0.39 is 0 Å². The van der Waals surface area contributed by atoms with Gasteiger partial charge in [0, 0.05) is 12.5 Å². The van der Waals surface area contributed by atoms with E-state index in [9.17, 15) is 0 Å². The van der Waals surface area contributed by atoms with Gasteiger partial charge < -0.3 is 14.2 Å². The van der Waals surface area contributed by atoms with Crippen molar-refractivity contribution >= 4 is 0 Å². The zero-order valence-corrected chi connectivity index (χ0v) is 11.2. The lowest BCUT2D eigenvalue weighted by Crippen LogP contribution is -2.23. The van der Waals surface area contributed by atoms with E-state index in [0.717, 1.165) is 42.4 Å². The maximum absolute atomic E-state index is 5.69. The van der Waals surface area contributed by atoms with Gasteiger partial charge in [-0.3, -0.25) is 0 Å². The summed E-state index contributed by atoms with van der Waals surface area (Å²) >= 11 is 0. The third-order valence-electron chi connectivity index (χ3n) is 2.69. The van der Waals surface area contributed by atoms with E-state index >= 15 is 0 Å². The molecular weight excluding hydrogens is 228 g/mol. The molecule has 0 aliphatic rings. The first-order valence-corrected chi connectivity index (χ1v) is 6.39. The van der Waals surface area contributed by atoms with Gasteiger partial charge in [0.25, 0.3) is 0 Å². The second-order valence-electron chi connectivity index (χ2n) is 4.78. The van der Waals surface area contributed by atoms with E-state index in [1.165, 1.54) is 0 Å². The Morgan fingerprint density at radius 2 is 2.22 bits per heavy atom. The second-order valence-corrected chi connectivity index (χ2v) is 4.78. The topological polar surface area (TPSA) is 51.2 Å². The van der Waals surface area contributed by atoms with Gasteiger partial charge in [-0.05, 0) is 26.0 Å². The summed E-state index contributed by atoms with van der Waals surface area (Å²) in [6, 6.07) is 2.48. The molecule has 2 rings (SSSR count). The molecule has 0 aromatic carbocycles. The first-order valence-electron chi connectivity index (χ1n) is 6.39. The fourth-order valence-corrected chi connectivity index (χ4v) is 1.76. The monoisotopic (exact) mass is 248 g/mol. The van der Waals surface area contributed by atoms with Crippen molar-refractivity contribution in [1.82, 2.24) is 10.3 Å². The number of furan rings is 1. The molecule has 2 aromatic rings. The molecule has 0 saturated carbocycles. The third-order valence-corrected chi connectivity index (χ3v) is 2.69. The lowest BCUT2D eigenvalue weighted by atomic mass is 10.3. The number of oxazole rings is 1. The van der Waals surface area contributed by atoms with Crippen molar-refractivity contribution < 1.29 is 8.83 Å². The van der Waals surface area contributed by atoms with E-state index in [0.29, 0.717) is 6.04 Å². The van der Waals surface area contributed by atoms with Crippen LogP contribution in [0.3, 0.4) is 0 Å². The summed E-state index contributed by atoms with van der Waals surface area (Å²) in [7, 11) is 0. The van der Waals surface area contributed by atoms with E-state index in [4.69, 9.17) is 8.83 Å². The van der Waals surface area contributed by atoms with Crippen molar-refractivity contribution in [2.24, 2.45) is 0 Å². The van der Waals surface area contributed by atoms with Gasteiger partial charge in [0.05, 0.1) is 11.8 Å². The van der Waals surface area contributed by atoms with Gasteiger partial charge >= 0.3 is 0 Å². The molecule has 0 unspecified atom stereocenters. The first kappa shape index (κ1) is 12.9. The van der Waals surface area contributed by atoms with E-state index in [1.54, 1.807) is 12.5 Å². The molecule has 0 spiro atoms. The van der Waals surface area contributed by atoms with Crippen molar-refractivity contribution in [3.63, 3.8) is 0 Å². The predicted molar refractivity (Wildman–Crippen MR) is 70.4 cm³/mol. The SMILES string of the molecule is Cc1cc(-c2cnc(CCCNC(C)C)o2)co1. The summed E-state index contributed by atoms with van der Waals surface area (Å²) in [5.41, 5.74) is 0.951. The van der Waals surface area contributed by atoms with Gasteiger partial charge in [0.1, 0.15) is 12.0 Å². The summed E-state index contributed by atoms with van der Waals surface area (Å²) in [6.45, 7) is 7.19. The number of hydrogen-bond acceptors (Lipinski definition) is 4. The van der Waals surface area contributed by atoms with Crippen LogP contribution in [0.15, 0.2) is 27.4 Å². The van der Waals surface area contributed by atoms with Crippen LogP contribution in [0.25, 0.3) is 11.3 Å².